The third-order valence-corrected chi connectivity index (χ3v) is 7.14. The number of hydrogen-bond donors (Lipinski definition) is 0. The number of benzene rings is 1. The highest BCUT2D eigenvalue weighted by molar-refractivity contribution is 7.86. The smallest absolute Gasteiger partial charge is 0.282 e. The first-order valence-corrected chi connectivity index (χ1v) is 11.1. The van der Waals surface area contributed by atoms with Gasteiger partial charge in [-0.15, -0.1) is 0 Å². The Morgan fingerprint density at radius 1 is 1.04 bits per heavy atom. The molecule has 2 saturated heterocycles. The first kappa shape index (κ1) is 21.0. The third-order valence-electron chi connectivity index (χ3n) is 5.17. The lowest BCUT2D eigenvalue weighted by molar-refractivity contribution is -0.0457. The minimum atomic E-state index is -3.54. The third kappa shape index (κ3) is 4.48. The number of rotatable bonds is 4. The Kier molecular flexibility index (Phi) is 6.28. The van der Waals surface area contributed by atoms with Crippen LogP contribution in [0.1, 0.15) is 24.2 Å². The number of ether oxygens (including phenoxy) is 1. The number of carbonyl (C=O) groups is 1. The molecular formula is C19H30N4O4S. The van der Waals surface area contributed by atoms with Crippen LogP contribution in [-0.2, 0) is 14.9 Å². The molecule has 2 heterocycles. The quantitative estimate of drug-likeness (QED) is 0.736. The monoisotopic (exact) mass is 410 g/mol. The van der Waals surface area contributed by atoms with Crippen molar-refractivity contribution in [2.75, 3.05) is 58.3 Å². The molecule has 0 N–H and O–H groups in total. The van der Waals surface area contributed by atoms with Crippen molar-refractivity contribution in [3.63, 3.8) is 0 Å². The molecule has 2 atom stereocenters. The first-order chi connectivity index (χ1) is 13.2. The van der Waals surface area contributed by atoms with Crippen LogP contribution < -0.4 is 4.90 Å². The summed E-state index contributed by atoms with van der Waals surface area (Å²) in [6, 6.07) is 7.48. The van der Waals surface area contributed by atoms with Gasteiger partial charge in [0.1, 0.15) is 0 Å². The van der Waals surface area contributed by atoms with Crippen LogP contribution in [0.25, 0.3) is 0 Å². The van der Waals surface area contributed by atoms with Crippen molar-refractivity contribution >= 4 is 21.8 Å². The molecule has 2 unspecified atom stereocenters. The fourth-order valence-electron chi connectivity index (χ4n) is 3.70. The Morgan fingerprint density at radius 2 is 1.64 bits per heavy atom. The van der Waals surface area contributed by atoms with E-state index in [0.29, 0.717) is 44.8 Å². The van der Waals surface area contributed by atoms with E-state index in [-0.39, 0.29) is 18.1 Å². The highest BCUT2D eigenvalue weighted by Gasteiger charge is 2.37. The van der Waals surface area contributed by atoms with E-state index in [1.54, 1.807) is 11.0 Å². The number of hydrogen-bond acceptors (Lipinski definition) is 5. The largest absolute Gasteiger partial charge is 0.378 e. The minimum Gasteiger partial charge on any atom is -0.378 e. The molecule has 0 saturated carbocycles. The van der Waals surface area contributed by atoms with Gasteiger partial charge in [-0.1, -0.05) is 6.07 Å². The predicted octanol–water partition coefficient (Wildman–Crippen LogP) is 0.864. The molecular weight excluding hydrogens is 380 g/mol. The van der Waals surface area contributed by atoms with Crippen molar-refractivity contribution < 1.29 is 17.9 Å². The maximum Gasteiger partial charge on any atom is 0.282 e. The Balaban J connectivity index is 1.64. The normalized spacial score (nSPS) is 24.9. The van der Waals surface area contributed by atoms with Crippen LogP contribution in [-0.4, -0.2) is 93.4 Å². The van der Waals surface area contributed by atoms with Gasteiger partial charge in [-0.3, -0.25) is 4.79 Å². The molecule has 9 heteroatoms. The molecule has 28 heavy (non-hydrogen) atoms. The highest BCUT2D eigenvalue weighted by atomic mass is 32.2. The Morgan fingerprint density at radius 3 is 2.21 bits per heavy atom. The summed E-state index contributed by atoms with van der Waals surface area (Å²) in [5.41, 5.74) is 1.58. The van der Waals surface area contributed by atoms with E-state index in [4.69, 9.17) is 4.74 Å². The summed E-state index contributed by atoms with van der Waals surface area (Å²) in [6.07, 6.45) is -0.240. The van der Waals surface area contributed by atoms with Crippen molar-refractivity contribution in [2.24, 2.45) is 0 Å². The molecule has 2 aliphatic heterocycles. The van der Waals surface area contributed by atoms with E-state index in [2.05, 4.69) is 0 Å². The zero-order valence-electron chi connectivity index (χ0n) is 17.0. The SMILES string of the molecule is CC1CN(S(=O)(=O)N2CCN(C(=O)c3cccc(N(C)C)c3)CC2)CC(C)O1. The fraction of sp³-hybridized carbons (Fsp3) is 0.632. The number of nitrogens with zero attached hydrogens (tertiary/aromatic N) is 4. The summed E-state index contributed by atoms with van der Waals surface area (Å²) in [5.74, 6) is -0.0608. The van der Waals surface area contributed by atoms with Crippen LogP contribution in [0.2, 0.25) is 0 Å². The van der Waals surface area contributed by atoms with Gasteiger partial charge in [0.25, 0.3) is 16.1 Å². The lowest BCUT2D eigenvalue weighted by Gasteiger charge is -2.40. The summed E-state index contributed by atoms with van der Waals surface area (Å²) < 4.78 is 34.6. The van der Waals surface area contributed by atoms with Crippen molar-refractivity contribution in [3.05, 3.63) is 29.8 Å². The Labute approximate surface area is 167 Å². The average molecular weight is 411 g/mol. The summed E-state index contributed by atoms with van der Waals surface area (Å²) in [4.78, 5) is 16.5. The number of anilines is 1. The van der Waals surface area contributed by atoms with Crippen LogP contribution in [0.4, 0.5) is 5.69 Å². The molecule has 0 aliphatic carbocycles. The van der Waals surface area contributed by atoms with Gasteiger partial charge in [0.2, 0.25) is 0 Å². The van der Waals surface area contributed by atoms with Gasteiger partial charge in [-0.05, 0) is 32.0 Å². The summed E-state index contributed by atoms with van der Waals surface area (Å²) >= 11 is 0. The molecule has 1 aromatic carbocycles. The van der Waals surface area contributed by atoms with Gasteiger partial charge in [0.15, 0.2) is 0 Å². The van der Waals surface area contributed by atoms with E-state index < -0.39 is 10.2 Å². The number of carbonyl (C=O) groups excluding carboxylic acids is 1. The van der Waals surface area contributed by atoms with E-state index in [0.717, 1.165) is 5.69 Å². The van der Waals surface area contributed by atoms with Gasteiger partial charge in [0.05, 0.1) is 12.2 Å². The van der Waals surface area contributed by atoms with Crippen molar-refractivity contribution in [3.8, 4) is 0 Å². The average Bonchev–Trinajstić information content (AvgIpc) is 2.67. The van der Waals surface area contributed by atoms with Crippen molar-refractivity contribution in [1.29, 1.82) is 0 Å². The van der Waals surface area contributed by atoms with Crippen LogP contribution in [0.3, 0.4) is 0 Å². The molecule has 1 amide bonds. The Bertz CT molecular complexity index is 796. The molecule has 0 bridgehead atoms. The second-order valence-electron chi connectivity index (χ2n) is 7.72. The fourth-order valence-corrected chi connectivity index (χ4v) is 5.45. The highest BCUT2D eigenvalue weighted by Crippen LogP contribution is 2.20. The van der Waals surface area contributed by atoms with E-state index in [9.17, 15) is 13.2 Å². The van der Waals surface area contributed by atoms with Gasteiger partial charge in [-0.2, -0.15) is 17.0 Å². The van der Waals surface area contributed by atoms with Crippen LogP contribution in [0.15, 0.2) is 24.3 Å². The molecule has 8 nitrogen and oxygen atoms in total. The van der Waals surface area contributed by atoms with Crippen LogP contribution in [0, 0.1) is 0 Å². The zero-order valence-corrected chi connectivity index (χ0v) is 17.9. The molecule has 2 aliphatic rings. The van der Waals surface area contributed by atoms with Crippen molar-refractivity contribution in [2.45, 2.75) is 26.1 Å². The standard InChI is InChI=1S/C19H30N4O4S/c1-15-13-23(14-16(2)27-15)28(25,26)22-10-8-21(9-11-22)19(24)17-6-5-7-18(12-17)20(3)4/h5-7,12,15-16H,8-11,13-14H2,1-4H3. The van der Waals surface area contributed by atoms with Crippen LogP contribution in [0.5, 0.6) is 0 Å². The van der Waals surface area contributed by atoms with Gasteiger partial charge >= 0.3 is 0 Å². The second-order valence-corrected chi connectivity index (χ2v) is 9.65. The number of amides is 1. The van der Waals surface area contributed by atoms with Gasteiger partial charge < -0.3 is 14.5 Å². The molecule has 0 radical (unpaired) electrons. The Hall–Kier alpha value is -1.68. The van der Waals surface area contributed by atoms with Crippen LogP contribution >= 0.6 is 0 Å². The van der Waals surface area contributed by atoms with E-state index >= 15 is 0 Å². The topological polar surface area (TPSA) is 73.4 Å². The maximum absolute atomic E-state index is 13.0. The number of piperazine rings is 1. The van der Waals surface area contributed by atoms with E-state index in [1.165, 1.54) is 8.61 Å². The maximum atomic E-state index is 13.0. The van der Waals surface area contributed by atoms with E-state index in [1.807, 2.05) is 51.0 Å². The molecule has 156 valence electrons. The number of morpholine rings is 1. The molecule has 2 fully saturated rings. The lowest BCUT2D eigenvalue weighted by atomic mass is 10.1. The molecule has 3 rings (SSSR count). The van der Waals surface area contributed by atoms with Gasteiger partial charge in [-0.25, -0.2) is 0 Å². The summed E-state index contributed by atoms with van der Waals surface area (Å²) in [5, 5.41) is 0. The zero-order chi connectivity index (χ0) is 20.5. The molecule has 0 spiro atoms. The van der Waals surface area contributed by atoms with Crippen molar-refractivity contribution in [1.82, 2.24) is 13.5 Å². The second kappa shape index (κ2) is 8.36. The summed E-state index contributed by atoms with van der Waals surface area (Å²) in [7, 11) is 0.322. The van der Waals surface area contributed by atoms with Gasteiger partial charge in [0, 0.05) is 64.6 Å². The minimum absolute atomic E-state index is 0.0608. The first-order valence-electron chi connectivity index (χ1n) is 9.66. The summed E-state index contributed by atoms with van der Waals surface area (Å²) in [6.45, 7) is 5.89. The lowest BCUT2D eigenvalue weighted by Crippen LogP contribution is -2.57. The molecule has 1 aromatic rings. The predicted molar refractivity (Wildman–Crippen MR) is 109 cm³/mol. The molecule has 0 aromatic heterocycles.